The van der Waals surface area contributed by atoms with E-state index in [9.17, 15) is 0 Å². The topological polar surface area (TPSA) is 20.2 Å². The number of rotatable bonds is 0. The van der Waals surface area contributed by atoms with Gasteiger partial charge in [-0.3, -0.25) is 0 Å². The number of hydrogen-bond donors (Lipinski definition) is 1. The Labute approximate surface area is 45.3 Å². The molecular formula is HCl3OPt. The third kappa shape index (κ3) is 29.6. The van der Waals surface area contributed by atoms with Crippen molar-refractivity contribution in [3.63, 3.8) is 0 Å². The van der Waals surface area contributed by atoms with Crippen molar-refractivity contribution in [1.29, 1.82) is 0 Å². The van der Waals surface area contributed by atoms with Crippen LogP contribution in [-0.2, 0) is 13.3 Å². The average Bonchev–Trinajstić information content (AvgIpc) is 0.722. The summed E-state index contributed by atoms with van der Waals surface area (Å²) >= 11 is -3.53. The van der Waals surface area contributed by atoms with E-state index in [-0.39, 0.29) is 0 Å². The third-order valence-corrected chi connectivity index (χ3v) is 0. The van der Waals surface area contributed by atoms with Crippen LogP contribution in [0.5, 0.6) is 0 Å². The number of halogens is 3. The van der Waals surface area contributed by atoms with Crippen molar-refractivity contribution in [2.75, 3.05) is 0 Å². The summed E-state index contributed by atoms with van der Waals surface area (Å²) in [5.41, 5.74) is 0. The fraction of sp³-hybridized carbons (Fsp3) is 0. The zero-order chi connectivity index (χ0) is 4.50. The van der Waals surface area contributed by atoms with Gasteiger partial charge in [0.05, 0.1) is 0 Å². The first-order chi connectivity index (χ1) is 2.00. The molecule has 0 aromatic carbocycles. The van der Waals surface area contributed by atoms with Crippen LogP contribution in [0.25, 0.3) is 0 Å². The van der Waals surface area contributed by atoms with E-state index < -0.39 is 13.3 Å². The van der Waals surface area contributed by atoms with Gasteiger partial charge in [0.2, 0.25) is 0 Å². The van der Waals surface area contributed by atoms with Crippen molar-refractivity contribution in [3.8, 4) is 0 Å². The van der Waals surface area contributed by atoms with Crippen LogP contribution in [0.2, 0.25) is 0 Å². The Morgan fingerprint density at radius 3 is 1.20 bits per heavy atom. The van der Waals surface area contributed by atoms with Crippen molar-refractivity contribution in [2.45, 2.75) is 0 Å². The number of hydrogen-bond acceptors (Lipinski definition) is 1. The molecule has 0 aromatic heterocycles. The van der Waals surface area contributed by atoms with Crippen LogP contribution in [0.1, 0.15) is 0 Å². The summed E-state index contributed by atoms with van der Waals surface area (Å²) in [6.45, 7) is 0. The molecule has 0 aliphatic rings. The maximum absolute atomic E-state index is 8.00. The molecule has 0 bridgehead atoms. The van der Waals surface area contributed by atoms with E-state index in [4.69, 9.17) is 32.0 Å². The Bertz CT molecular complexity index is 22.4. The Morgan fingerprint density at radius 2 is 1.20 bits per heavy atom. The van der Waals surface area contributed by atoms with Crippen molar-refractivity contribution in [3.05, 3.63) is 0 Å². The SMILES string of the molecule is [OH][Pt]([Cl])([Cl])[Cl]. The molecule has 38 valence electrons. The van der Waals surface area contributed by atoms with E-state index in [1.165, 1.54) is 0 Å². The van der Waals surface area contributed by atoms with Crippen LogP contribution in [0, 0.1) is 0 Å². The summed E-state index contributed by atoms with van der Waals surface area (Å²) in [4.78, 5) is 0. The Balaban J connectivity index is 3.02. The van der Waals surface area contributed by atoms with Gasteiger partial charge in [-0.25, -0.2) is 0 Å². The van der Waals surface area contributed by atoms with E-state index in [1.807, 2.05) is 0 Å². The van der Waals surface area contributed by atoms with Crippen molar-refractivity contribution >= 4 is 28.3 Å². The van der Waals surface area contributed by atoms with Crippen LogP contribution in [-0.4, -0.2) is 3.76 Å². The summed E-state index contributed by atoms with van der Waals surface area (Å²) in [6, 6.07) is 0. The Morgan fingerprint density at radius 1 is 1.20 bits per heavy atom. The fourth-order valence-electron chi connectivity index (χ4n) is 0. The molecule has 0 rings (SSSR count). The van der Waals surface area contributed by atoms with Gasteiger partial charge in [0.1, 0.15) is 0 Å². The predicted molar refractivity (Wildman–Crippen MR) is 19.8 cm³/mol. The average molecular weight is 318 g/mol. The molecule has 0 radical (unpaired) electrons. The summed E-state index contributed by atoms with van der Waals surface area (Å²) in [5, 5.41) is 0. The molecule has 0 aliphatic heterocycles. The molecule has 1 nitrogen and oxygen atoms in total. The van der Waals surface area contributed by atoms with Crippen molar-refractivity contribution < 1.29 is 17.1 Å². The second-order valence-corrected chi connectivity index (χ2v) is 13.9. The molecule has 0 fully saturated rings. The summed E-state index contributed by atoms with van der Waals surface area (Å²) in [6.07, 6.45) is 0. The van der Waals surface area contributed by atoms with Gasteiger partial charge in [-0.05, 0) is 0 Å². The van der Waals surface area contributed by atoms with Crippen LogP contribution in [0.3, 0.4) is 0 Å². The molecule has 0 unspecified atom stereocenters. The van der Waals surface area contributed by atoms with Gasteiger partial charge in [0.15, 0.2) is 0 Å². The Kier molecular flexibility index (Phi) is 2.60. The van der Waals surface area contributed by atoms with Gasteiger partial charge in [0, 0.05) is 0 Å². The first kappa shape index (κ1) is 6.52. The maximum atomic E-state index is 8.00. The van der Waals surface area contributed by atoms with Gasteiger partial charge in [-0.1, -0.05) is 0 Å². The molecule has 0 saturated heterocycles. The molecule has 0 spiro atoms. The van der Waals surface area contributed by atoms with Gasteiger partial charge < -0.3 is 0 Å². The standard InChI is InChI=1S/3ClH.H2O.Pt/h3*1H;1H2;/q;;;;+4/p-4. The first-order valence-corrected chi connectivity index (χ1v) is 9.96. The zero-order valence-electron chi connectivity index (χ0n) is 1.90. The fourth-order valence-corrected chi connectivity index (χ4v) is 0. The predicted octanol–water partition coefficient (Wildman–Crippen LogP) is 1.51. The van der Waals surface area contributed by atoms with Crippen LogP contribution in [0.15, 0.2) is 0 Å². The van der Waals surface area contributed by atoms with Gasteiger partial charge in [0.25, 0.3) is 0 Å². The summed E-state index contributed by atoms with van der Waals surface area (Å²) < 4.78 is 8.00. The molecule has 0 heterocycles. The third-order valence-electron chi connectivity index (χ3n) is 0. The van der Waals surface area contributed by atoms with Crippen molar-refractivity contribution in [2.24, 2.45) is 0 Å². The molecular weight excluding hydrogens is 317 g/mol. The summed E-state index contributed by atoms with van der Waals surface area (Å²) in [5.74, 6) is 0. The van der Waals surface area contributed by atoms with Gasteiger partial charge in [-0.2, -0.15) is 0 Å². The molecule has 1 N–H and O–H groups in total. The molecule has 0 atom stereocenters. The van der Waals surface area contributed by atoms with E-state index in [0.717, 1.165) is 0 Å². The minimum absolute atomic E-state index is 3.53. The second-order valence-electron chi connectivity index (χ2n) is 0.296. The zero-order valence-corrected chi connectivity index (χ0v) is 6.44. The first-order valence-electron chi connectivity index (χ1n) is 0.500. The van der Waals surface area contributed by atoms with E-state index in [1.54, 1.807) is 0 Å². The second kappa shape index (κ2) is 1.99. The molecule has 0 aromatic rings. The van der Waals surface area contributed by atoms with Crippen molar-refractivity contribution in [1.82, 2.24) is 0 Å². The quantitative estimate of drug-likeness (QED) is 0.718. The van der Waals surface area contributed by atoms with Crippen LogP contribution >= 0.6 is 28.3 Å². The van der Waals surface area contributed by atoms with E-state index in [2.05, 4.69) is 0 Å². The van der Waals surface area contributed by atoms with E-state index >= 15 is 0 Å². The minimum atomic E-state index is -3.53. The molecule has 5 heteroatoms. The molecule has 0 amide bonds. The van der Waals surface area contributed by atoms with Gasteiger partial charge >= 0.3 is 45.3 Å². The molecule has 5 heavy (non-hydrogen) atoms. The normalized spacial score (nSPS) is 15.2. The van der Waals surface area contributed by atoms with E-state index in [0.29, 0.717) is 0 Å². The van der Waals surface area contributed by atoms with Crippen LogP contribution in [0.4, 0.5) is 0 Å². The Hall–Kier alpha value is 1.52. The molecule has 0 aliphatic carbocycles. The summed E-state index contributed by atoms with van der Waals surface area (Å²) in [7, 11) is 14.4. The van der Waals surface area contributed by atoms with Crippen LogP contribution < -0.4 is 0 Å². The monoisotopic (exact) mass is 317 g/mol. The van der Waals surface area contributed by atoms with Gasteiger partial charge in [-0.15, -0.1) is 0 Å². The molecule has 0 saturated carbocycles.